The van der Waals surface area contributed by atoms with Gasteiger partial charge in [0.1, 0.15) is 5.75 Å². The first-order chi connectivity index (χ1) is 15.9. The van der Waals surface area contributed by atoms with Gasteiger partial charge in [0.15, 0.2) is 6.10 Å². The van der Waals surface area contributed by atoms with E-state index in [-0.39, 0.29) is 10.6 Å². The third kappa shape index (κ3) is 6.10. The summed E-state index contributed by atoms with van der Waals surface area (Å²) in [5.74, 6) is 5.20. The van der Waals surface area contributed by atoms with Gasteiger partial charge in [0.2, 0.25) is 10.0 Å². The molecule has 0 amide bonds. The molecule has 1 N–H and O–H groups in total. The summed E-state index contributed by atoms with van der Waals surface area (Å²) < 4.78 is 38.6. The highest BCUT2D eigenvalue weighted by Gasteiger charge is 2.34. The molecule has 1 heterocycles. The van der Waals surface area contributed by atoms with E-state index in [0.717, 1.165) is 5.56 Å². The van der Waals surface area contributed by atoms with Crippen molar-refractivity contribution >= 4 is 27.6 Å². The Morgan fingerprint density at radius 2 is 1.76 bits per heavy atom. The van der Waals surface area contributed by atoms with Gasteiger partial charge in [-0.05, 0) is 42.8 Å². The minimum Gasteiger partial charge on any atom is -0.478 e. The Kier molecular flexibility index (Phi) is 7.94. The van der Waals surface area contributed by atoms with Gasteiger partial charge in [-0.15, -0.1) is 0 Å². The molecule has 1 atom stereocenters. The topological polar surface area (TPSA) is 93.1 Å². The van der Waals surface area contributed by atoms with Crippen molar-refractivity contribution in [3.63, 3.8) is 0 Å². The number of carbonyl (C=O) groups is 1. The maximum atomic E-state index is 13.0. The first-order valence-corrected chi connectivity index (χ1v) is 12.6. The van der Waals surface area contributed by atoms with E-state index in [4.69, 9.17) is 21.1 Å². The number of carboxylic acid groups (broad SMARTS) is 1. The van der Waals surface area contributed by atoms with Gasteiger partial charge in [-0.1, -0.05) is 50.3 Å². The maximum absolute atomic E-state index is 13.0. The predicted molar refractivity (Wildman–Crippen MR) is 130 cm³/mol. The van der Waals surface area contributed by atoms with Crippen LogP contribution >= 0.6 is 11.6 Å². The number of morpholine rings is 1. The Morgan fingerprint density at radius 1 is 1.12 bits per heavy atom. The summed E-state index contributed by atoms with van der Waals surface area (Å²) >= 11 is 6.16. The van der Waals surface area contributed by atoms with E-state index in [0.29, 0.717) is 42.5 Å². The molecule has 1 unspecified atom stereocenters. The van der Waals surface area contributed by atoms with E-state index < -0.39 is 27.5 Å². The molecule has 0 radical (unpaired) electrons. The zero-order valence-electron chi connectivity index (χ0n) is 19.6. The monoisotopic (exact) mass is 505 g/mol. The van der Waals surface area contributed by atoms with Crippen LogP contribution in [0.5, 0.6) is 5.75 Å². The highest BCUT2D eigenvalue weighted by atomic mass is 35.5. The number of hydrogen-bond donors (Lipinski definition) is 1. The second-order valence-electron chi connectivity index (χ2n) is 9.09. The summed E-state index contributed by atoms with van der Waals surface area (Å²) in [6, 6.07) is 9.61. The summed E-state index contributed by atoms with van der Waals surface area (Å²) in [6.45, 7) is 8.50. The van der Waals surface area contributed by atoms with Gasteiger partial charge in [-0.3, -0.25) is 0 Å². The molecule has 182 valence electrons. The van der Waals surface area contributed by atoms with Crippen molar-refractivity contribution in [3.8, 4) is 17.6 Å². The number of ether oxygens (including phenoxy) is 2. The van der Waals surface area contributed by atoms with Crippen molar-refractivity contribution in [2.45, 2.75) is 38.7 Å². The fourth-order valence-electron chi connectivity index (χ4n) is 3.39. The zero-order valence-corrected chi connectivity index (χ0v) is 21.2. The van der Waals surface area contributed by atoms with E-state index >= 15 is 0 Å². The first-order valence-electron chi connectivity index (χ1n) is 10.8. The molecule has 0 bridgehead atoms. The average Bonchev–Trinajstić information content (AvgIpc) is 2.77. The normalized spacial score (nSPS) is 15.8. The maximum Gasteiger partial charge on any atom is 0.345 e. The minimum absolute atomic E-state index is 0.158. The fraction of sp³-hybridized carbons (Fsp3) is 0.400. The molecule has 0 saturated carbocycles. The quantitative estimate of drug-likeness (QED) is 0.618. The SMILES string of the molecule is Cc1ccc(S(=O)(=O)N2CCOCC2)cc1C#Cc1cc(Cl)ccc1OC(C(=O)O)C(C)(C)C. The fourth-order valence-corrected chi connectivity index (χ4v) is 5.00. The van der Waals surface area contributed by atoms with Gasteiger partial charge in [0.05, 0.1) is 23.7 Å². The summed E-state index contributed by atoms with van der Waals surface area (Å²) in [6.07, 6.45) is -1.10. The molecule has 3 rings (SSSR count). The number of carboxylic acids is 1. The molecule has 34 heavy (non-hydrogen) atoms. The van der Waals surface area contributed by atoms with Crippen molar-refractivity contribution in [2.24, 2.45) is 5.41 Å². The highest BCUT2D eigenvalue weighted by molar-refractivity contribution is 7.89. The molecule has 0 aliphatic carbocycles. The van der Waals surface area contributed by atoms with E-state index in [1.54, 1.807) is 57.2 Å². The third-order valence-electron chi connectivity index (χ3n) is 5.35. The Labute approximate surface area is 205 Å². The van der Waals surface area contributed by atoms with Gasteiger partial charge in [0.25, 0.3) is 0 Å². The van der Waals surface area contributed by atoms with Crippen LogP contribution in [0.3, 0.4) is 0 Å². The van der Waals surface area contributed by atoms with Crippen LogP contribution in [0.2, 0.25) is 5.02 Å². The zero-order chi connectivity index (χ0) is 25.1. The van der Waals surface area contributed by atoms with Gasteiger partial charge in [-0.2, -0.15) is 4.31 Å². The second kappa shape index (κ2) is 10.4. The number of aryl methyl sites for hydroxylation is 1. The summed E-state index contributed by atoms with van der Waals surface area (Å²) in [4.78, 5) is 11.9. The van der Waals surface area contributed by atoms with Crippen LogP contribution < -0.4 is 4.74 Å². The molecular weight excluding hydrogens is 478 g/mol. The van der Waals surface area contributed by atoms with Crippen molar-refractivity contribution < 1.29 is 27.8 Å². The van der Waals surface area contributed by atoms with E-state index in [1.165, 1.54) is 4.31 Å². The van der Waals surface area contributed by atoms with Crippen LogP contribution in [0.4, 0.5) is 0 Å². The molecule has 1 fully saturated rings. The number of rotatable bonds is 5. The predicted octanol–water partition coefficient (Wildman–Crippen LogP) is 3.95. The van der Waals surface area contributed by atoms with Crippen LogP contribution in [0.15, 0.2) is 41.3 Å². The second-order valence-corrected chi connectivity index (χ2v) is 11.5. The van der Waals surface area contributed by atoms with Crippen LogP contribution in [0.1, 0.15) is 37.5 Å². The largest absolute Gasteiger partial charge is 0.478 e. The number of halogens is 1. The Balaban J connectivity index is 1.98. The van der Waals surface area contributed by atoms with Gasteiger partial charge >= 0.3 is 5.97 Å². The molecule has 2 aromatic rings. The number of aliphatic carboxylic acids is 1. The number of benzene rings is 2. The Bertz CT molecular complexity index is 1230. The van der Waals surface area contributed by atoms with E-state index in [1.807, 2.05) is 6.92 Å². The lowest BCUT2D eigenvalue weighted by Crippen LogP contribution is -2.40. The van der Waals surface area contributed by atoms with E-state index in [9.17, 15) is 18.3 Å². The molecule has 2 aromatic carbocycles. The van der Waals surface area contributed by atoms with Crippen molar-refractivity contribution in [1.29, 1.82) is 0 Å². The van der Waals surface area contributed by atoms with Crippen LogP contribution in [0, 0.1) is 24.2 Å². The lowest BCUT2D eigenvalue weighted by molar-refractivity contribution is -0.150. The molecule has 0 aromatic heterocycles. The standard InChI is InChI=1S/C25H28ClNO6S/c1-17-5-9-21(34(30,31)27-11-13-32-14-12-27)16-18(17)6-7-19-15-20(26)8-10-22(19)33-23(24(28)29)25(2,3)4/h5,8-10,15-16,23H,11-14H2,1-4H3,(H,28,29). The molecule has 7 nitrogen and oxygen atoms in total. The first kappa shape index (κ1) is 26.0. The van der Waals surface area contributed by atoms with Crippen molar-refractivity contribution in [3.05, 3.63) is 58.1 Å². The molecule has 0 spiro atoms. The highest BCUT2D eigenvalue weighted by Crippen LogP contribution is 2.29. The molecular formula is C25H28ClNO6S. The number of nitrogens with zero attached hydrogens (tertiary/aromatic N) is 1. The molecule has 9 heteroatoms. The molecule has 1 aliphatic heterocycles. The van der Waals surface area contributed by atoms with Crippen molar-refractivity contribution in [2.75, 3.05) is 26.3 Å². The smallest absolute Gasteiger partial charge is 0.345 e. The lowest BCUT2D eigenvalue weighted by Gasteiger charge is -2.28. The lowest BCUT2D eigenvalue weighted by atomic mass is 9.89. The third-order valence-corrected chi connectivity index (χ3v) is 7.48. The van der Waals surface area contributed by atoms with Crippen LogP contribution in [-0.2, 0) is 19.6 Å². The van der Waals surface area contributed by atoms with E-state index in [2.05, 4.69) is 11.8 Å². The van der Waals surface area contributed by atoms with Gasteiger partial charge in [0, 0.05) is 29.1 Å². The summed E-state index contributed by atoms with van der Waals surface area (Å²) in [5, 5.41) is 10.0. The number of hydrogen-bond acceptors (Lipinski definition) is 5. The van der Waals surface area contributed by atoms with Gasteiger partial charge < -0.3 is 14.6 Å². The summed E-state index contributed by atoms with van der Waals surface area (Å²) in [7, 11) is -3.67. The van der Waals surface area contributed by atoms with Gasteiger partial charge in [-0.25, -0.2) is 13.2 Å². The minimum atomic E-state index is -3.67. The Hall–Kier alpha value is -2.57. The Morgan fingerprint density at radius 3 is 2.38 bits per heavy atom. The summed E-state index contributed by atoms with van der Waals surface area (Å²) in [5.41, 5.74) is 1.08. The molecule has 1 saturated heterocycles. The van der Waals surface area contributed by atoms with Crippen LogP contribution in [0.25, 0.3) is 0 Å². The number of sulfonamides is 1. The molecule has 1 aliphatic rings. The average molecular weight is 506 g/mol. The van der Waals surface area contributed by atoms with Crippen molar-refractivity contribution in [1.82, 2.24) is 4.31 Å². The van der Waals surface area contributed by atoms with Crippen LogP contribution in [-0.4, -0.2) is 56.2 Å².